The van der Waals surface area contributed by atoms with E-state index in [9.17, 15) is 9.59 Å². The predicted molar refractivity (Wildman–Crippen MR) is 110 cm³/mol. The van der Waals surface area contributed by atoms with Gasteiger partial charge >= 0.3 is 6.03 Å². The molecule has 0 unspecified atom stereocenters. The van der Waals surface area contributed by atoms with Crippen molar-refractivity contribution in [1.82, 2.24) is 9.88 Å². The monoisotopic (exact) mass is 382 g/mol. The number of benzene rings is 2. The number of nitrogens with zero attached hydrogens (tertiary/aromatic N) is 2. The van der Waals surface area contributed by atoms with E-state index in [-0.39, 0.29) is 11.9 Å². The molecule has 0 saturated heterocycles. The molecule has 0 aliphatic carbocycles. The van der Waals surface area contributed by atoms with Gasteiger partial charge in [-0.15, -0.1) is 11.3 Å². The number of aryl methyl sites for hydroxylation is 1. The Labute approximate surface area is 162 Å². The quantitative estimate of drug-likeness (QED) is 0.676. The second kappa shape index (κ2) is 8.18. The lowest BCUT2D eigenvalue weighted by Gasteiger charge is -2.18. The molecule has 1 aromatic heterocycles. The molecule has 0 aliphatic rings. The lowest BCUT2D eigenvalue weighted by Crippen LogP contribution is -2.31. The summed E-state index contributed by atoms with van der Waals surface area (Å²) in [6.07, 6.45) is 0.403. The zero-order valence-electron chi connectivity index (χ0n) is 15.6. The second-order valence-corrected chi connectivity index (χ2v) is 7.41. The minimum atomic E-state index is -0.226. The number of rotatable bonds is 5. The highest BCUT2D eigenvalue weighted by Crippen LogP contribution is 2.24. The Hall–Kier alpha value is -2.93. The molecule has 0 spiro atoms. The molecule has 0 aliphatic heterocycles. The molecule has 6 nitrogen and oxygen atoms in total. The Morgan fingerprint density at radius 2 is 1.93 bits per heavy atom. The van der Waals surface area contributed by atoms with Gasteiger partial charge in [-0.1, -0.05) is 25.1 Å². The molecule has 0 bridgehead atoms. The fraction of sp³-hybridized carbons (Fsp3) is 0.250. The highest BCUT2D eigenvalue weighted by atomic mass is 32.1. The zero-order valence-corrected chi connectivity index (χ0v) is 16.4. The third-order valence-corrected chi connectivity index (χ3v) is 5.16. The van der Waals surface area contributed by atoms with Crippen LogP contribution in [0.5, 0.6) is 0 Å². The number of nitrogens with one attached hydrogen (secondary N) is 2. The maximum Gasteiger partial charge on any atom is 0.321 e. The number of para-hydroxylation sites is 1. The fourth-order valence-electron chi connectivity index (χ4n) is 2.56. The molecule has 2 N–H and O–H groups in total. The summed E-state index contributed by atoms with van der Waals surface area (Å²) >= 11 is 1.58. The maximum atomic E-state index is 12.6. The van der Waals surface area contributed by atoms with Crippen molar-refractivity contribution in [2.45, 2.75) is 26.8 Å². The first kappa shape index (κ1) is 18.8. The van der Waals surface area contributed by atoms with Crippen LogP contribution < -0.4 is 10.6 Å². The number of amides is 3. The van der Waals surface area contributed by atoms with E-state index in [1.165, 1.54) is 0 Å². The summed E-state index contributed by atoms with van der Waals surface area (Å²) in [5.41, 5.74) is 3.20. The molecule has 0 saturated carbocycles. The molecule has 27 heavy (non-hydrogen) atoms. The smallest absolute Gasteiger partial charge is 0.321 e. The number of aromatic nitrogens is 1. The van der Waals surface area contributed by atoms with Gasteiger partial charge in [0.15, 0.2) is 0 Å². The minimum Gasteiger partial charge on any atom is -0.326 e. The Morgan fingerprint density at radius 3 is 2.67 bits per heavy atom. The average molecular weight is 382 g/mol. The largest absolute Gasteiger partial charge is 0.326 e. The molecule has 0 radical (unpaired) electrons. The van der Waals surface area contributed by atoms with Gasteiger partial charge in [-0.3, -0.25) is 4.79 Å². The van der Waals surface area contributed by atoms with E-state index >= 15 is 0 Å². The van der Waals surface area contributed by atoms with Crippen molar-refractivity contribution in [3.63, 3.8) is 0 Å². The summed E-state index contributed by atoms with van der Waals surface area (Å²) in [7, 11) is 1.74. The van der Waals surface area contributed by atoms with Crippen LogP contribution in [0.4, 0.5) is 16.2 Å². The molecule has 0 fully saturated rings. The number of carbonyl (C=O) groups is 2. The van der Waals surface area contributed by atoms with E-state index in [1.54, 1.807) is 36.3 Å². The van der Waals surface area contributed by atoms with Crippen LogP contribution in [0.3, 0.4) is 0 Å². The van der Waals surface area contributed by atoms with Crippen molar-refractivity contribution < 1.29 is 9.59 Å². The van der Waals surface area contributed by atoms with Crippen molar-refractivity contribution in [1.29, 1.82) is 0 Å². The predicted octanol–water partition coefficient (Wildman–Crippen LogP) is 4.62. The van der Waals surface area contributed by atoms with Crippen LogP contribution in [-0.2, 0) is 11.3 Å². The van der Waals surface area contributed by atoms with Crippen molar-refractivity contribution in [3.8, 4) is 0 Å². The van der Waals surface area contributed by atoms with Crippen LogP contribution in [0.15, 0.2) is 42.5 Å². The van der Waals surface area contributed by atoms with Gasteiger partial charge in [0.2, 0.25) is 5.91 Å². The van der Waals surface area contributed by atoms with Crippen molar-refractivity contribution in [2.75, 3.05) is 17.7 Å². The van der Waals surface area contributed by atoms with Gasteiger partial charge in [-0.2, -0.15) is 0 Å². The highest BCUT2D eigenvalue weighted by Gasteiger charge is 2.14. The van der Waals surface area contributed by atoms with Crippen LogP contribution in [0, 0.1) is 6.92 Å². The Balaban J connectivity index is 1.68. The van der Waals surface area contributed by atoms with Crippen LogP contribution in [-0.4, -0.2) is 28.9 Å². The summed E-state index contributed by atoms with van der Waals surface area (Å²) in [6.45, 7) is 4.13. The standard InChI is InChI=1S/C20H22N4O2S/c1-4-18(25)21-14-10-9-13(2)16(11-14)23-20(26)24(3)12-19-22-15-7-5-6-8-17(15)27-19/h5-11H,4,12H2,1-3H3,(H,21,25)(H,23,26). The summed E-state index contributed by atoms with van der Waals surface area (Å²) in [5, 5.41) is 6.60. The molecule has 140 valence electrons. The first-order valence-corrected chi connectivity index (χ1v) is 9.55. The Morgan fingerprint density at radius 1 is 1.15 bits per heavy atom. The highest BCUT2D eigenvalue weighted by molar-refractivity contribution is 7.18. The molecule has 1 heterocycles. The minimum absolute atomic E-state index is 0.0657. The molecule has 3 rings (SSSR count). The fourth-order valence-corrected chi connectivity index (χ4v) is 3.58. The lowest BCUT2D eigenvalue weighted by molar-refractivity contribution is -0.115. The van der Waals surface area contributed by atoms with Crippen molar-refractivity contribution >= 4 is 44.9 Å². The number of hydrogen-bond donors (Lipinski definition) is 2. The van der Waals surface area contributed by atoms with Crippen LogP contribution in [0.2, 0.25) is 0 Å². The second-order valence-electron chi connectivity index (χ2n) is 6.29. The SMILES string of the molecule is CCC(=O)Nc1ccc(C)c(NC(=O)N(C)Cc2nc3ccccc3s2)c1. The van der Waals surface area contributed by atoms with Crippen LogP contribution in [0.25, 0.3) is 10.2 Å². The number of anilines is 2. The third kappa shape index (κ3) is 4.62. The summed E-state index contributed by atoms with van der Waals surface area (Å²) in [4.78, 5) is 30.3. The lowest BCUT2D eigenvalue weighted by atomic mass is 10.1. The first-order valence-electron chi connectivity index (χ1n) is 8.73. The van der Waals surface area contributed by atoms with Crippen molar-refractivity contribution in [3.05, 3.63) is 53.0 Å². The first-order chi connectivity index (χ1) is 13.0. The van der Waals surface area contributed by atoms with E-state index in [1.807, 2.05) is 43.3 Å². The topological polar surface area (TPSA) is 74.3 Å². The molecule has 2 aromatic carbocycles. The van der Waals surface area contributed by atoms with E-state index in [2.05, 4.69) is 15.6 Å². The number of thiazole rings is 1. The van der Waals surface area contributed by atoms with Crippen LogP contribution >= 0.6 is 11.3 Å². The zero-order chi connectivity index (χ0) is 19.4. The number of fused-ring (bicyclic) bond motifs is 1. The molecule has 3 amide bonds. The molecule has 3 aromatic rings. The molecular formula is C20H22N4O2S. The Bertz CT molecular complexity index is 950. The van der Waals surface area contributed by atoms with Gasteiger partial charge in [0.1, 0.15) is 5.01 Å². The Kier molecular flexibility index (Phi) is 5.71. The third-order valence-electron chi connectivity index (χ3n) is 4.14. The van der Waals surface area contributed by atoms with E-state index in [0.717, 1.165) is 20.8 Å². The number of carbonyl (C=O) groups excluding carboxylic acids is 2. The van der Waals surface area contributed by atoms with Crippen LogP contribution in [0.1, 0.15) is 23.9 Å². The molecule has 0 atom stereocenters. The maximum absolute atomic E-state index is 12.6. The van der Waals surface area contributed by atoms with Gasteiger partial charge in [0, 0.05) is 24.8 Å². The van der Waals surface area contributed by atoms with Gasteiger partial charge in [-0.25, -0.2) is 9.78 Å². The average Bonchev–Trinajstić information content (AvgIpc) is 3.06. The van der Waals surface area contributed by atoms with Crippen molar-refractivity contribution in [2.24, 2.45) is 0 Å². The van der Waals surface area contributed by atoms with Gasteiger partial charge in [0.05, 0.1) is 16.8 Å². The molecular weight excluding hydrogens is 360 g/mol. The van der Waals surface area contributed by atoms with E-state index in [0.29, 0.717) is 24.3 Å². The molecule has 7 heteroatoms. The summed E-state index contributed by atoms with van der Waals surface area (Å²) in [6, 6.07) is 13.2. The van der Waals surface area contributed by atoms with E-state index < -0.39 is 0 Å². The normalized spacial score (nSPS) is 10.6. The van der Waals surface area contributed by atoms with E-state index in [4.69, 9.17) is 0 Å². The van der Waals surface area contributed by atoms with Gasteiger partial charge in [-0.05, 0) is 36.8 Å². The number of urea groups is 1. The van der Waals surface area contributed by atoms with Gasteiger partial charge in [0.25, 0.3) is 0 Å². The number of hydrogen-bond acceptors (Lipinski definition) is 4. The summed E-state index contributed by atoms with van der Waals surface area (Å²) in [5.74, 6) is -0.0657. The summed E-state index contributed by atoms with van der Waals surface area (Å²) < 4.78 is 1.11. The van der Waals surface area contributed by atoms with Gasteiger partial charge < -0.3 is 15.5 Å².